The Labute approximate surface area is 285 Å². The highest BCUT2D eigenvalue weighted by Crippen LogP contribution is 2.16. The van der Waals surface area contributed by atoms with E-state index in [-0.39, 0.29) is 0 Å². The lowest BCUT2D eigenvalue weighted by atomic mass is 9.99. The third kappa shape index (κ3) is 29.2. The van der Waals surface area contributed by atoms with Gasteiger partial charge in [-0.15, -0.1) is 0 Å². The minimum Gasteiger partial charge on any atom is -0.394 e. The van der Waals surface area contributed by atoms with Gasteiger partial charge in [-0.1, -0.05) is 180 Å². The molecule has 0 bridgehead atoms. The molecule has 0 aromatic heterocycles. The van der Waals surface area contributed by atoms with E-state index in [2.05, 4.69) is 31.3 Å². The fourth-order valence-corrected chi connectivity index (χ4v) is 6.22. The summed E-state index contributed by atoms with van der Waals surface area (Å²) in [6, 6.07) is -0.982. The number of aliphatic hydroxyl groups excluding tert-OH is 4. The van der Waals surface area contributed by atoms with Crippen molar-refractivity contribution in [3.8, 4) is 0 Å². The van der Waals surface area contributed by atoms with E-state index in [1.165, 1.54) is 135 Å². The molecule has 0 heterocycles. The number of hydrogen-bond acceptors (Lipinski definition) is 5. The summed E-state index contributed by atoms with van der Waals surface area (Å²) >= 11 is 0. The maximum Gasteiger partial charge on any atom is 0.249 e. The average molecular weight is 654 g/mol. The molecule has 0 saturated carbocycles. The van der Waals surface area contributed by atoms with Crippen molar-refractivity contribution >= 4 is 5.91 Å². The Hall–Kier alpha value is -0.950. The SMILES string of the molecule is CCCCCCCCCCCC/C=C\CCCCCCCCC(O)C(=O)NC(CO)C(O)C(O)CCCCCCCCCCCC. The zero-order valence-electron chi connectivity index (χ0n) is 30.6. The minimum atomic E-state index is -1.26. The van der Waals surface area contributed by atoms with Crippen molar-refractivity contribution in [2.24, 2.45) is 0 Å². The van der Waals surface area contributed by atoms with Crippen molar-refractivity contribution < 1.29 is 25.2 Å². The van der Waals surface area contributed by atoms with Gasteiger partial charge in [0.15, 0.2) is 0 Å². The maximum atomic E-state index is 12.4. The van der Waals surface area contributed by atoms with Crippen LogP contribution in [0.4, 0.5) is 0 Å². The van der Waals surface area contributed by atoms with Gasteiger partial charge in [-0.3, -0.25) is 4.79 Å². The molecule has 1 amide bonds. The normalized spacial score (nSPS) is 14.5. The number of aliphatic hydroxyl groups is 4. The first-order valence-corrected chi connectivity index (χ1v) is 20.1. The predicted octanol–water partition coefficient (Wildman–Crippen LogP) is 9.85. The number of carbonyl (C=O) groups excluding carboxylic acids is 1. The van der Waals surface area contributed by atoms with Crippen molar-refractivity contribution in [1.29, 1.82) is 0 Å². The predicted molar refractivity (Wildman–Crippen MR) is 196 cm³/mol. The van der Waals surface area contributed by atoms with Crippen LogP contribution in [0.3, 0.4) is 0 Å². The van der Waals surface area contributed by atoms with Crippen molar-refractivity contribution in [2.45, 2.75) is 231 Å². The van der Waals surface area contributed by atoms with Crippen LogP contribution < -0.4 is 5.32 Å². The molecular weight excluding hydrogens is 574 g/mol. The van der Waals surface area contributed by atoms with Gasteiger partial charge in [-0.2, -0.15) is 0 Å². The summed E-state index contributed by atoms with van der Waals surface area (Å²) in [6.45, 7) is 4.02. The van der Waals surface area contributed by atoms with Gasteiger partial charge in [0, 0.05) is 0 Å². The lowest BCUT2D eigenvalue weighted by Crippen LogP contribution is -2.53. The van der Waals surface area contributed by atoms with E-state index in [1.54, 1.807) is 0 Å². The molecule has 0 fully saturated rings. The number of unbranched alkanes of at least 4 members (excludes halogenated alkanes) is 25. The zero-order valence-corrected chi connectivity index (χ0v) is 30.6. The Morgan fingerprint density at radius 1 is 0.522 bits per heavy atom. The smallest absolute Gasteiger partial charge is 0.249 e. The van der Waals surface area contributed by atoms with E-state index in [0.717, 1.165) is 44.9 Å². The summed E-state index contributed by atoms with van der Waals surface area (Å²) in [5.74, 6) is -0.589. The third-order valence-electron chi connectivity index (χ3n) is 9.48. The quantitative estimate of drug-likeness (QED) is 0.0342. The van der Waals surface area contributed by atoms with Crippen molar-refractivity contribution in [3.63, 3.8) is 0 Å². The van der Waals surface area contributed by atoms with Crippen LogP contribution in [0.2, 0.25) is 0 Å². The van der Waals surface area contributed by atoms with E-state index in [4.69, 9.17) is 0 Å². The Bertz CT molecular complexity index is 658. The van der Waals surface area contributed by atoms with E-state index >= 15 is 0 Å². The monoisotopic (exact) mass is 654 g/mol. The number of allylic oxidation sites excluding steroid dienone is 2. The number of carbonyl (C=O) groups is 1. The second-order valence-corrected chi connectivity index (χ2v) is 14.0. The highest BCUT2D eigenvalue weighted by atomic mass is 16.3. The van der Waals surface area contributed by atoms with Gasteiger partial charge in [0.1, 0.15) is 12.2 Å². The van der Waals surface area contributed by atoms with E-state index in [9.17, 15) is 25.2 Å². The molecule has 0 radical (unpaired) electrons. The fraction of sp³-hybridized carbons (Fsp3) is 0.925. The summed E-state index contributed by atoms with van der Waals surface area (Å²) < 4.78 is 0. The van der Waals surface area contributed by atoms with Gasteiger partial charge in [0.25, 0.3) is 0 Å². The van der Waals surface area contributed by atoms with E-state index in [0.29, 0.717) is 12.8 Å². The zero-order chi connectivity index (χ0) is 33.9. The molecule has 6 heteroatoms. The average Bonchev–Trinajstić information content (AvgIpc) is 3.06. The largest absolute Gasteiger partial charge is 0.394 e. The van der Waals surface area contributed by atoms with Crippen LogP contribution >= 0.6 is 0 Å². The standard InChI is InChI=1S/C40H79NO5/c1-3-5-7-9-11-13-15-16-17-18-19-20-21-22-23-24-26-28-30-32-34-38(44)40(46)41-36(35-42)39(45)37(43)33-31-29-27-25-14-12-10-8-6-4-2/h20-21,36-39,42-45H,3-19,22-35H2,1-2H3,(H,41,46)/b21-20-. The van der Waals surface area contributed by atoms with Crippen LogP contribution in [-0.4, -0.2) is 57.3 Å². The second kappa shape index (κ2) is 35.4. The van der Waals surface area contributed by atoms with Crippen molar-refractivity contribution in [1.82, 2.24) is 5.32 Å². The lowest BCUT2D eigenvalue weighted by molar-refractivity contribution is -0.132. The number of nitrogens with one attached hydrogen (secondary N) is 1. The molecule has 0 rings (SSSR count). The lowest BCUT2D eigenvalue weighted by Gasteiger charge is -2.27. The van der Waals surface area contributed by atoms with Crippen LogP contribution in [0, 0.1) is 0 Å². The summed E-state index contributed by atoms with van der Waals surface area (Å²) in [5, 5.41) is 43.4. The molecule has 0 aliphatic carbocycles. The second-order valence-electron chi connectivity index (χ2n) is 14.0. The minimum absolute atomic E-state index is 0.364. The fourth-order valence-electron chi connectivity index (χ4n) is 6.22. The molecule has 4 unspecified atom stereocenters. The van der Waals surface area contributed by atoms with Gasteiger partial charge in [0.05, 0.1) is 18.8 Å². The summed E-state index contributed by atoms with van der Waals surface area (Å²) in [6.07, 6.45) is 36.7. The molecule has 0 spiro atoms. The Morgan fingerprint density at radius 2 is 0.870 bits per heavy atom. The molecule has 5 N–H and O–H groups in total. The number of rotatable bonds is 36. The van der Waals surface area contributed by atoms with E-state index < -0.39 is 36.9 Å². The third-order valence-corrected chi connectivity index (χ3v) is 9.48. The first kappa shape index (κ1) is 45.0. The molecule has 4 atom stereocenters. The highest BCUT2D eigenvalue weighted by molar-refractivity contribution is 5.80. The summed E-state index contributed by atoms with van der Waals surface area (Å²) in [5.41, 5.74) is 0. The molecule has 0 aromatic rings. The van der Waals surface area contributed by atoms with Crippen molar-refractivity contribution in [3.05, 3.63) is 12.2 Å². The molecule has 46 heavy (non-hydrogen) atoms. The van der Waals surface area contributed by atoms with Gasteiger partial charge in [-0.05, 0) is 38.5 Å². The number of amides is 1. The molecule has 0 aromatic carbocycles. The summed E-state index contributed by atoms with van der Waals surface area (Å²) in [4.78, 5) is 12.4. The van der Waals surface area contributed by atoms with Gasteiger partial charge in [0.2, 0.25) is 5.91 Å². The molecular formula is C40H79NO5. The Balaban J connectivity index is 3.74. The van der Waals surface area contributed by atoms with E-state index in [1.807, 2.05) is 0 Å². The van der Waals surface area contributed by atoms with Crippen molar-refractivity contribution in [2.75, 3.05) is 6.61 Å². The van der Waals surface area contributed by atoms with Crippen LogP contribution in [-0.2, 0) is 4.79 Å². The Morgan fingerprint density at radius 3 is 1.26 bits per heavy atom. The first-order valence-electron chi connectivity index (χ1n) is 20.1. The van der Waals surface area contributed by atoms with Crippen LogP contribution in [0.25, 0.3) is 0 Å². The van der Waals surface area contributed by atoms with Gasteiger partial charge >= 0.3 is 0 Å². The molecule has 274 valence electrons. The molecule has 6 nitrogen and oxygen atoms in total. The van der Waals surface area contributed by atoms with Crippen LogP contribution in [0.5, 0.6) is 0 Å². The van der Waals surface area contributed by atoms with Crippen LogP contribution in [0.15, 0.2) is 12.2 Å². The Kier molecular flexibility index (Phi) is 34.6. The summed E-state index contributed by atoms with van der Waals surface area (Å²) in [7, 11) is 0. The number of hydrogen-bond donors (Lipinski definition) is 5. The van der Waals surface area contributed by atoms with Gasteiger partial charge in [-0.25, -0.2) is 0 Å². The first-order chi connectivity index (χ1) is 22.5. The highest BCUT2D eigenvalue weighted by Gasteiger charge is 2.28. The topological polar surface area (TPSA) is 110 Å². The molecule has 0 aliphatic heterocycles. The molecule has 0 saturated heterocycles. The van der Waals surface area contributed by atoms with Gasteiger partial charge < -0.3 is 25.7 Å². The van der Waals surface area contributed by atoms with Crippen LogP contribution in [0.1, 0.15) is 206 Å². The maximum absolute atomic E-state index is 12.4. The molecule has 0 aliphatic rings.